The summed E-state index contributed by atoms with van der Waals surface area (Å²) in [6.45, 7) is 3.93. The van der Waals surface area contributed by atoms with Crippen molar-refractivity contribution in [2.24, 2.45) is 7.05 Å². The molecule has 4 nitrogen and oxygen atoms in total. The van der Waals surface area contributed by atoms with E-state index < -0.39 is 0 Å². The minimum atomic E-state index is -0.0492. The molecule has 1 aromatic rings. The fraction of sp³-hybridized carbons (Fsp3) is 0.600. The highest BCUT2D eigenvalue weighted by molar-refractivity contribution is 9.09. The number of aryl methyl sites for hydroxylation is 1. The maximum absolute atomic E-state index is 11.8. The number of amides is 1. The zero-order valence-electron chi connectivity index (χ0n) is 9.25. The highest BCUT2D eigenvalue weighted by atomic mass is 79.9. The van der Waals surface area contributed by atoms with Crippen molar-refractivity contribution in [2.45, 2.75) is 26.3 Å². The van der Waals surface area contributed by atoms with Gasteiger partial charge in [0.2, 0.25) is 0 Å². The predicted octanol–water partition coefficient (Wildman–Crippen LogP) is 1.63. The number of nitrogens with one attached hydrogen (secondary N) is 1. The summed E-state index contributed by atoms with van der Waals surface area (Å²) >= 11 is 3.37. The fourth-order valence-electron chi connectivity index (χ4n) is 1.23. The second kappa shape index (κ2) is 5.30. The van der Waals surface area contributed by atoms with Crippen molar-refractivity contribution in [3.05, 3.63) is 17.5 Å². The Balaban J connectivity index is 2.73. The Kier molecular flexibility index (Phi) is 4.32. The summed E-state index contributed by atoms with van der Waals surface area (Å²) in [5, 5.41) is 7.76. The monoisotopic (exact) mass is 273 g/mol. The molecule has 1 N–H and O–H groups in total. The van der Waals surface area contributed by atoms with Gasteiger partial charge in [0, 0.05) is 24.1 Å². The largest absolute Gasteiger partial charge is 0.348 e. The normalized spacial score (nSPS) is 12.5. The minimum Gasteiger partial charge on any atom is -0.348 e. The summed E-state index contributed by atoms with van der Waals surface area (Å²) in [6, 6.07) is 0.178. The number of nitrogens with zero attached hydrogens (tertiary/aromatic N) is 2. The lowest BCUT2D eigenvalue weighted by Gasteiger charge is -2.13. The maximum atomic E-state index is 11.8. The number of alkyl halides is 1. The van der Waals surface area contributed by atoms with Crippen LogP contribution in [0.5, 0.6) is 0 Å². The molecular formula is C10H16BrN3O. The van der Waals surface area contributed by atoms with Crippen molar-refractivity contribution in [3.63, 3.8) is 0 Å². The summed E-state index contributed by atoms with van der Waals surface area (Å²) in [4.78, 5) is 11.8. The first-order valence-corrected chi connectivity index (χ1v) is 6.07. The number of rotatable bonds is 4. The third-order valence-corrected chi connectivity index (χ3v) is 3.28. The molecule has 1 heterocycles. The van der Waals surface area contributed by atoms with Crippen molar-refractivity contribution in [1.82, 2.24) is 15.1 Å². The smallest absolute Gasteiger partial charge is 0.254 e. The molecule has 1 amide bonds. The van der Waals surface area contributed by atoms with E-state index in [4.69, 9.17) is 0 Å². The van der Waals surface area contributed by atoms with Crippen molar-refractivity contribution < 1.29 is 4.79 Å². The summed E-state index contributed by atoms with van der Waals surface area (Å²) < 4.78 is 1.70. The highest BCUT2D eigenvalue weighted by Crippen LogP contribution is 2.06. The lowest BCUT2D eigenvalue weighted by molar-refractivity contribution is 0.0939. The van der Waals surface area contributed by atoms with Gasteiger partial charge >= 0.3 is 0 Å². The molecule has 5 heteroatoms. The van der Waals surface area contributed by atoms with E-state index in [0.717, 1.165) is 17.4 Å². The molecule has 1 unspecified atom stereocenters. The van der Waals surface area contributed by atoms with Gasteiger partial charge in [0.15, 0.2) is 0 Å². The first-order chi connectivity index (χ1) is 7.10. The lowest BCUT2D eigenvalue weighted by atomic mass is 10.2. The maximum Gasteiger partial charge on any atom is 0.254 e. The zero-order chi connectivity index (χ0) is 11.4. The van der Waals surface area contributed by atoms with Gasteiger partial charge in [-0.3, -0.25) is 9.48 Å². The van der Waals surface area contributed by atoms with Gasteiger partial charge in [-0.1, -0.05) is 22.9 Å². The topological polar surface area (TPSA) is 46.9 Å². The molecular weight excluding hydrogens is 258 g/mol. The Morgan fingerprint density at radius 2 is 2.40 bits per heavy atom. The van der Waals surface area contributed by atoms with Crippen molar-refractivity contribution in [1.29, 1.82) is 0 Å². The molecule has 0 spiro atoms. The van der Waals surface area contributed by atoms with E-state index in [9.17, 15) is 4.79 Å². The molecule has 0 aliphatic heterocycles. The van der Waals surface area contributed by atoms with Crippen LogP contribution >= 0.6 is 15.9 Å². The first-order valence-electron chi connectivity index (χ1n) is 4.95. The van der Waals surface area contributed by atoms with Crippen LogP contribution in [-0.2, 0) is 7.05 Å². The van der Waals surface area contributed by atoms with Crippen molar-refractivity contribution >= 4 is 21.8 Å². The molecule has 0 aromatic carbocycles. The summed E-state index contributed by atoms with van der Waals surface area (Å²) in [6.07, 6.45) is 2.52. The standard InChI is InChI=1S/C10H16BrN3O/c1-4-8(5-11)13-10(15)9-6-12-14(3)7(9)2/h6,8H,4-5H2,1-3H3,(H,13,15). The van der Waals surface area contributed by atoms with Gasteiger partial charge in [-0.2, -0.15) is 5.10 Å². The molecule has 0 aliphatic carbocycles. The second-order valence-electron chi connectivity index (χ2n) is 3.50. The van der Waals surface area contributed by atoms with E-state index in [0.29, 0.717) is 5.56 Å². The fourth-order valence-corrected chi connectivity index (χ4v) is 1.85. The molecule has 0 saturated carbocycles. The Morgan fingerprint density at radius 1 is 1.73 bits per heavy atom. The Labute approximate surface area is 98.2 Å². The predicted molar refractivity (Wildman–Crippen MR) is 63.3 cm³/mol. The third kappa shape index (κ3) is 2.81. The zero-order valence-corrected chi connectivity index (χ0v) is 10.8. The van der Waals surface area contributed by atoms with Crippen LogP contribution in [0.2, 0.25) is 0 Å². The molecule has 1 atom stereocenters. The second-order valence-corrected chi connectivity index (χ2v) is 4.15. The molecule has 1 rings (SSSR count). The lowest BCUT2D eigenvalue weighted by Crippen LogP contribution is -2.35. The summed E-state index contributed by atoms with van der Waals surface area (Å²) in [5.41, 5.74) is 1.54. The number of hydrogen-bond donors (Lipinski definition) is 1. The number of halogens is 1. The average molecular weight is 274 g/mol. The van der Waals surface area contributed by atoms with Crippen LogP contribution in [0.15, 0.2) is 6.20 Å². The number of hydrogen-bond acceptors (Lipinski definition) is 2. The van der Waals surface area contributed by atoms with E-state index in [-0.39, 0.29) is 11.9 Å². The Bertz CT molecular complexity index is 344. The number of carbonyl (C=O) groups excluding carboxylic acids is 1. The van der Waals surface area contributed by atoms with Crippen LogP contribution < -0.4 is 5.32 Å². The van der Waals surface area contributed by atoms with Crippen LogP contribution in [0, 0.1) is 6.92 Å². The molecule has 0 bridgehead atoms. The van der Waals surface area contributed by atoms with Gasteiger partial charge in [-0.25, -0.2) is 0 Å². The van der Waals surface area contributed by atoms with Gasteiger partial charge < -0.3 is 5.32 Å². The Morgan fingerprint density at radius 3 is 2.80 bits per heavy atom. The number of carbonyl (C=O) groups is 1. The van der Waals surface area contributed by atoms with E-state index in [2.05, 4.69) is 26.3 Å². The average Bonchev–Trinajstić information content (AvgIpc) is 2.56. The van der Waals surface area contributed by atoms with Gasteiger partial charge in [-0.15, -0.1) is 0 Å². The van der Waals surface area contributed by atoms with Crippen LogP contribution in [0.25, 0.3) is 0 Å². The summed E-state index contributed by atoms with van der Waals surface area (Å²) in [5.74, 6) is -0.0492. The van der Waals surface area contributed by atoms with Crippen LogP contribution in [0.3, 0.4) is 0 Å². The molecule has 0 saturated heterocycles. The van der Waals surface area contributed by atoms with Gasteiger partial charge in [0.25, 0.3) is 5.91 Å². The molecule has 15 heavy (non-hydrogen) atoms. The molecule has 0 aliphatic rings. The third-order valence-electron chi connectivity index (χ3n) is 2.49. The quantitative estimate of drug-likeness (QED) is 0.848. The van der Waals surface area contributed by atoms with Crippen LogP contribution in [-0.4, -0.2) is 27.1 Å². The molecule has 0 fully saturated rings. The minimum absolute atomic E-state index is 0.0492. The first kappa shape index (κ1) is 12.2. The molecule has 1 aromatic heterocycles. The summed E-state index contributed by atoms with van der Waals surface area (Å²) in [7, 11) is 1.83. The number of aromatic nitrogens is 2. The van der Waals surface area contributed by atoms with Gasteiger partial charge in [0.1, 0.15) is 0 Å². The molecule has 84 valence electrons. The van der Waals surface area contributed by atoms with Crippen molar-refractivity contribution in [3.8, 4) is 0 Å². The van der Waals surface area contributed by atoms with E-state index in [1.54, 1.807) is 10.9 Å². The van der Waals surface area contributed by atoms with E-state index >= 15 is 0 Å². The highest BCUT2D eigenvalue weighted by Gasteiger charge is 2.15. The van der Waals surface area contributed by atoms with Crippen molar-refractivity contribution in [2.75, 3.05) is 5.33 Å². The van der Waals surface area contributed by atoms with Crippen LogP contribution in [0.4, 0.5) is 0 Å². The van der Waals surface area contributed by atoms with Crippen LogP contribution in [0.1, 0.15) is 29.4 Å². The van der Waals surface area contributed by atoms with E-state index in [1.165, 1.54) is 0 Å². The van der Waals surface area contributed by atoms with Gasteiger partial charge in [0.05, 0.1) is 11.8 Å². The molecule has 0 radical (unpaired) electrons. The SMILES string of the molecule is CCC(CBr)NC(=O)c1cnn(C)c1C. The van der Waals surface area contributed by atoms with Gasteiger partial charge in [-0.05, 0) is 13.3 Å². The Hall–Kier alpha value is -0.840. The van der Waals surface area contributed by atoms with E-state index in [1.807, 2.05) is 20.9 Å².